The SMILES string of the molecule is CCOC(=O)C1=C(C)N=c2[nH]/c(=C\c3ccc(-c4cc(N([O-])O)ccc4OC)[nH]3)c(=O)n2C1c1ccc(OC)cc1. The van der Waals surface area contributed by atoms with Crippen molar-refractivity contribution >= 4 is 17.7 Å². The van der Waals surface area contributed by atoms with Gasteiger partial charge < -0.3 is 34.6 Å². The van der Waals surface area contributed by atoms with Crippen LogP contribution in [-0.2, 0) is 9.53 Å². The Bertz CT molecular complexity index is 1810. The van der Waals surface area contributed by atoms with Crippen molar-refractivity contribution in [3.05, 3.63) is 104 Å². The van der Waals surface area contributed by atoms with Crippen LogP contribution in [0, 0.1) is 5.21 Å². The molecule has 0 bridgehead atoms. The van der Waals surface area contributed by atoms with Gasteiger partial charge in [0.15, 0.2) is 0 Å². The van der Waals surface area contributed by atoms with Crippen LogP contribution >= 0.6 is 0 Å². The second kappa shape index (κ2) is 11.2. The van der Waals surface area contributed by atoms with E-state index in [2.05, 4.69) is 15.0 Å². The van der Waals surface area contributed by atoms with Crippen LogP contribution in [0.2, 0.25) is 0 Å². The first kappa shape index (κ1) is 27.5. The third-order valence-corrected chi connectivity index (χ3v) is 6.75. The molecule has 1 aliphatic rings. The maximum atomic E-state index is 13.8. The summed E-state index contributed by atoms with van der Waals surface area (Å²) in [6.45, 7) is 3.59. The van der Waals surface area contributed by atoms with Crippen molar-refractivity contribution in [2.24, 2.45) is 4.99 Å². The average Bonchev–Trinajstić information content (AvgIpc) is 3.56. The molecule has 1 unspecified atom stereocenters. The highest BCUT2D eigenvalue weighted by molar-refractivity contribution is 5.91. The number of rotatable bonds is 8. The number of fused-ring (bicyclic) bond motifs is 1. The van der Waals surface area contributed by atoms with Gasteiger partial charge in [0.05, 0.1) is 43.8 Å². The van der Waals surface area contributed by atoms with E-state index in [-0.39, 0.29) is 34.1 Å². The number of aromatic nitrogens is 3. The summed E-state index contributed by atoms with van der Waals surface area (Å²) in [5.41, 5.74) is 3.01. The summed E-state index contributed by atoms with van der Waals surface area (Å²) in [5.74, 6) is 0.562. The first-order valence-electron chi connectivity index (χ1n) is 12.7. The number of hydrogen-bond donors (Lipinski definition) is 3. The average molecular weight is 559 g/mol. The summed E-state index contributed by atoms with van der Waals surface area (Å²) in [5, 5.41) is 20.8. The zero-order valence-corrected chi connectivity index (χ0v) is 22.8. The van der Waals surface area contributed by atoms with Crippen molar-refractivity contribution in [2.45, 2.75) is 19.9 Å². The van der Waals surface area contributed by atoms with E-state index in [1.807, 2.05) is 0 Å². The number of methoxy groups -OCH3 is 2. The van der Waals surface area contributed by atoms with E-state index in [4.69, 9.17) is 14.2 Å². The molecule has 212 valence electrons. The molecule has 4 aromatic rings. The molecule has 5 rings (SSSR count). The third kappa shape index (κ3) is 5.13. The van der Waals surface area contributed by atoms with Crippen LogP contribution in [0.4, 0.5) is 5.69 Å². The number of carbonyl (C=O) groups is 1. The van der Waals surface area contributed by atoms with E-state index < -0.39 is 17.6 Å². The maximum absolute atomic E-state index is 13.8. The standard InChI is InChI=1S/C29H28N5O7/c1-5-41-28(36)25-16(2)30-29-32-23(27(35)33(29)26(25)17-6-10-20(39-3)11-7-17)14-18-8-12-22(31-18)21-15-19(34(37)38)9-13-24(21)40-4/h6-15,26,31,37H,5H2,1-4H3,(H,30,32)/q-1/b23-14-. The van der Waals surface area contributed by atoms with Crippen LogP contribution in [0.1, 0.15) is 31.1 Å². The van der Waals surface area contributed by atoms with E-state index in [1.54, 1.807) is 69.5 Å². The van der Waals surface area contributed by atoms with Crippen LogP contribution in [0.5, 0.6) is 11.5 Å². The number of imidazole rings is 1. The highest BCUT2D eigenvalue weighted by Crippen LogP contribution is 2.33. The summed E-state index contributed by atoms with van der Waals surface area (Å²) in [6, 6.07) is 14.3. The fraction of sp³-hybridized carbons (Fsp3) is 0.207. The van der Waals surface area contributed by atoms with Crippen molar-refractivity contribution in [2.75, 3.05) is 26.1 Å². The van der Waals surface area contributed by atoms with Gasteiger partial charge in [0.2, 0.25) is 5.62 Å². The molecule has 0 saturated heterocycles. The molecule has 0 radical (unpaired) electrons. The number of anilines is 1. The number of ether oxygens (including phenoxy) is 3. The molecule has 1 atom stereocenters. The molecule has 0 aliphatic carbocycles. The van der Waals surface area contributed by atoms with Gasteiger partial charge in [-0.1, -0.05) is 12.1 Å². The lowest BCUT2D eigenvalue weighted by atomic mass is 9.96. The summed E-state index contributed by atoms with van der Waals surface area (Å²) in [7, 11) is 3.06. The molecule has 12 nitrogen and oxygen atoms in total. The molecule has 0 spiro atoms. The Kier molecular flexibility index (Phi) is 7.51. The minimum absolute atomic E-state index is 0.0303. The molecule has 41 heavy (non-hydrogen) atoms. The van der Waals surface area contributed by atoms with E-state index >= 15 is 0 Å². The van der Waals surface area contributed by atoms with Crippen LogP contribution in [0.25, 0.3) is 17.3 Å². The molecule has 12 heteroatoms. The van der Waals surface area contributed by atoms with Gasteiger partial charge in [-0.25, -0.2) is 9.79 Å². The van der Waals surface area contributed by atoms with Gasteiger partial charge in [0, 0.05) is 17.0 Å². The Morgan fingerprint density at radius 3 is 2.54 bits per heavy atom. The summed E-state index contributed by atoms with van der Waals surface area (Å²) in [6.07, 6.45) is 1.62. The van der Waals surface area contributed by atoms with Gasteiger partial charge in [0.1, 0.15) is 16.8 Å². The summed E-state index contributed by atoms with van der Waals surface area (Å²) < 4.78 is 17.4. The Balaban J connectivity index is 1.62. The summed E-state index contributed by atoms with van der Waals surface area (Å²) in [4.78, 5) is 37.6. The second-order valence-electron chi connectivity index (χ2n) is 9.17. The molecule has 3 N–H and O–H groups in total. The fourth-order valence-electron chi connectivity index (χ4n) is 4.83. The van der Waals surface area contributed by atoms with Crippen molar-refractivity contribution in [1.29, 1.82) is 0 Å². The lowest BCUT2D eigenvalue weighted by Crippen LogP contribution is -2.40. The van der Waals surface area contributed by atoms with Gasteiger partial charge in [-0.15, -0.1) is 0 Å². The number of aromatic amines is 2. The topological polar surface area (TPSA) is 157 Å². The van der Waals surface area contributed by atoms with E-state index in [1.165, 1.54) is 23.8 Å². The van der Waals surface area contributed by atoms with Crippen LogP contribution in [0.15, 0.2) is 75.7 Å². The minimum atomic E-state index is -0.780. The maximum Gasteiger partial charge on any atom is 0.338 e. The molecular formula is C29H28N5O7-. The van der Waals surface area contributed by atoms with E-state index in [0.29, 0.717) is 39.7 Å². The predicted octanol–water partition coefficient (Wildman–Crippen LogP) is 2.77. The second-order valence-corrected chi connectivity index (χ2v) is 9.17. The largest absolute Gasteiger partial charge is 0.733 e. The fourth-order valence-corrected chi connectivity index (χ4v) is 4.83. The number of nitrogens with zero attached hydrogens (tertiary/aromatic N) is 3. The molecule has 0 amide bonds. The molecule has 2 aromatic heterocycles. The minimum Gasteiger partial charge on any atom is -0.733 e. The molecule has 0 fully saturated rings. The number of hydrogen-bond acceptors (Lipinski definition) is 9. The normalized spacial score (nSPS) is 14.9. The Morgan fingerprint density at radius 1 is 1.12 bits per heavy atom. The smallest absolute Gasteiger partial charge is 0.338 e. The lowest BCUT2D eigenvalue weighted by molar-refractivity contribution is -0.139. The number of allylic oxidation sites excluding steroid dienone is 1. The monoisotopic (exact) mass is 558 g/mol. The number of benzene rings is 2. The molecule has 1 aliphatic heterocycles. The van der Waals surface area contributed by atoms with Crippen LogP contribution in [-0.4, -0.2) is 46.5 Å². The molecule has 3 heterocycles. The Hall–Kier alpha value is -5.07. The zero-order valence-electron chi connectivity index (χ0n) is 22.8. The molecule has 2 aromatic carbocycles. The van der Waals surface area contributed by atoms with Gasteiger partial charge in [-0.3, -0.25) is 14.6 Å². The highest BCUT2D eigenvalue weighted by atomic mass is 16.8. The number of esters is 1. The first-order valence-corrected chi connectivity index (χ1v) is 12.7. The van der Waals surface area contributed by atoms with Gasteiger partial charge in [-0.05, 0) is 68.0 Å². The van der Waals surface area contributed by atoms with Crippen molar-refractivity contribution < 1.29 is 24.2 Å². The number of nitrogens with one attached hydrogen (secondary N) is 2. The van der Waals surface area contributed by atoms with Crippen molar-refractivity contribution in [3.8, 4) is 22.8 Å². The van der Waals surface area contributed by atoms with Gasteiger partial charge in [0.25, 0.3) is 5.56 Å². The van der Waals surface area contributed by atoms with Crippen LogP contribution < -0.4 is 31.2 Å². The molecule has 0 saturated carbocycles. The van der Waals surface area contributed by atoms with Crippen molar-refractivity contribution in [1.82, 2.24) is 14.5 Å². The Morgan fingerprint density at radius 2 is 1.88 bits per heavy atom. The highest BCUT2D eigenvalue weighted by Gasteiger charge is 2.33. The predicted molar refractivity (Wildman–Crippen MR) is 150 cm³/mol. The summed E-state index contributed by atoms with van der Waals surface area (Å²) >= 11 is 0. The zero-order chi connectivity index (χ0) is 29.3. The van der Waals surface area contributed by atoms with Crippen molar-refractivity contribution in [3.63, 3.8) is 0 Å². The third-order valence-electron chi connectivity index (χ3n) is 6.75. The lowest BCUT2D eigenvalue weighted by Gasteiger charge is -2.24. The number of H-pyrrole nitrogens is 2. The number of carbonyl (C=O) groups excluding carboxylic acids is 1. The molecular weight excluding hydrogens is 530 g/mol. The quantitative estimate of drug-likeness (QED) is 0.220. The van der Waals surface area contributed by atoms with E-state index in [9.17, 15) is 20.0 Å². The van der Waals surface area contributed by atoms with E-state index in [0.717, 1.165) is 0 Å². The van der Waals surface area contributed by atoms with Gasteiger partial charge >= 0.3 is 5.97 Å². The Labute approximate surface area is 234 Å². The van der Waals surface area contributed by atoms with Gasteiger partial charge in [-0.2, -0.15) is 0 Å². The van der Waals surface area contributed by atoms with Crippen LogP contribution in [0.3, 0.4) is 0 Å². The first-order chi connectivity index (χ1) is 19.7.